The van der Waals surface area contributed by atoms with Gasteiger partial charge in [0.1, 0.15) is 9.88 Å². The molecule has 1 aromatic rings. The Morgan fingerprint density at radius 2 is 2.00 bits per heavy atom. The lowest BCUT2D eigenvalue weighted by atomic mass is 10.2. The van der Waals surface area contributed by atoms with Crippen molar-refractivity contribution in [2.45, 2.75) is 6.92 Å². The summed E-state index contributed by atoms with van der Waals surface area (Å²) in [6, 6.07) is 0. The standard InChI is InChI=1S/C13H20N4O2S/c1-7(2)6-16-12-8(11(18)15-3)9(14)10(20-12)13(19)17(4)5/h16H,1,6,14H2,2-5H3,(H,15,18). The molecular weight excluding hydrogens is 276 g/mol. The van der Waals surface area contributed by atoms with Crippen LogP contribution in [0.1, 0.15) is 27.0 Å². The highest BCUT2D eigenvalue weighted by molar-refractivity contribution is 7.19. The smallest absolute Gasteiger partial charge is 0.265 e. The predicted octanol–water partition coefficient (Wildman–Crippen LogP) is 1.38. The number of hydrogen-bond acceptors (Lipinski definition) is 5. The van der Waals surface area contributed by atoms with Crippen LogP contribution in [-0.2, 0) is 0 Å². The highest BCUT2D eigenvalue weighted by Crippen LogP contribution is 2.36. The Morgan fingerprint density at radius 1 is 1.40 bits per heavy atom. The molecule has 20 heavy (non-hydrogen) atoms. The van der Waals surface area contributed by atoms with Gasteiger partial charge in [0.2, 0.25) is 0 Å². The van der Waals surface area contributed by atoms with E-state index in [9.17, 15) is 9.59 Å². The lowest BCUT2D eigenvalue weighted by molar-refractivity contribution is 0.0833. The average molecular weight is 296 g/mol. The van der Waals surface area contributed by atoms with Gasteiger partial charge in [0, 0.05) is 27.7 Å². The van der Waals surface area contributed by atoms with Gasteiger partial charge >= 0.3 is 0 Å². The van der Waals surface area contributed by atoms with Crippen molar-refractivity contribution >= 4 is 33.8 Å². The van der Waals surface area contributed by atoms with E-state index in [2.05, 4.69) is 17.2 Å². The summed E-state index contributed by atoms with van der Waals surface area (Å²) in [7, 11) is 4.81. The molecule has 1 aromatic heterocycles. The molecule has 0 aliphatic rings. The molecule has 2 amide bonds. The van der Waals surface area contributed by atoms with E-state index in [-0.39, 0.29) is 17.5 Å². The maximum absolute atomic E-state index is 12.1. The molecule has 0 aliphatic carbocycles. The fourth-order valence-electron chi connectivity index (χ4n) is 1.51. The molecular formula is C13H20N4O2S. The van der Waals surface area contributed by atoms with Crippen molar-refractivity contribution in [1.82, 2.24) is 10.2 Å². The van der Waals surface area contributed by atoms with E-state index in [1.165, 1.54) is 23.3 Å². The maximum Gasteiger partial charge on any atom is 0.265 e. The molecule has 0 saturated carbocycles. The third kappa shape index (κ3) is 3.30. The molecule has 0 aromatic carbocycles. The van der Waals surface area contributed by atoms with Gasteiger partial charge in [-0.3, -0.25) is 9.59 Å². The fourth-order valence-corrected chi connectivity index (χ4v) is 2.65. The molecule has 0 saturated heterocycles. The van der Waals surface area contributed by atoms with Gasteiger partial charge in [-0.2, -0.15) is 0 Å². The van der Waals surface area contributed by atoms with Crippen LogP contribution in [0.4, 0.5) is 10.7 Å². The third-order valence-corrected chi connectivity index (χ3v) is 3.70. The number of anilines is 2. The molecule has 4 N–H and O–H groups in total. The number of thiophene rings is 1. The fraction of sp³-hybridized carbons (Fsp3) is 0.385. The summed E-state index contributed by atoms with van der Waals surface area (Å²) in [5.41, 5.74) is 7.40. The van der Waals surface area contributed by atoms with Crippen molar-refractivity contribution in [2.75, 3.05) is 38.7 Å². The van der Waals surface area contributed by atoms with Crippen LogP contribution < -0.4 is 16.4 Å². The van der Waals surface area contributed by atoms with Crippen molar-refractivity contribution in [2.24, 2.45) is 0 Å². The Hall–Kier alpha value is -2.02. The second-order valence-corrected chi connectivity index (χ2v) is 5.66. The summed E-state index contributed by atoms with van der Waals surface area (Å²) < 4.78 is 0. The van der Waals surface area contributed by atoms with Crippen molar-refractivity contribution in [3.05, 3.63) is 22.6 Å². The molecule has 0 atom stereocenters. The van der Waals surface area contributed by atoms with Gasteiger partial charge in [-0.25, -0.2) is 0 Å². The first-order chi connectivity index (χ1) is 9.29. The largest absolute Gasteiger partial charge is 0.397 e. The molecule has 110 valence electrons. The molecule has 0 spiro atoms. The number of nitrogen functional groups attached to an aromatic ring is 1. The molecule has 7 heteroatoms. The van der Waals surface area contributed by atoms with Crippen LogP contribution in [0.15, 0.2) is 12.2 Å². The Labute approximate surface area is 122 Å². The highest BCUT2D eigenvalue weighted by Gasteiger charge is 2.25. The van der Waals surface area contributed by atoms with E-state index in [1.54, 1.807) is 14.1 Å². The molecule has 0 fully saturated rings. The van der Waals surface area contributed by atoms with Crippen molar-refractivity contribution < 1.29 is 9.59 Å². The van der Waals surface area contributed by atoms with Gasteiger partial charge < -0.3 is 21.3 Å². The Balaban J connectivity index is 3.27. The van der Waals surface area contributed by atoms with E-state index in [4.69, 9.17) is 5.73 Å². The number of rotatable bonds is 5. The normalized spacial score (nSPS) is 10.0. The van der Waals surface area contributed by atoms with Gasteiger partial charge in [-0.15, -0.1) is 11.3 Å². The van der Waals surface area contributed by atoms with Crippen LogP contribution in [0, 0.1) is 0 Å². The third-order valence-electron chi connectivity index (χ3n) is 2.55. The van der Waals surface area contributed by atoms with Crippen LogP contribution in [0.5, 0.6) is 0 Å². The summed E-state index contributed by atoms with van der Waals surface area (Å²) in [6.45, 7) is 6.18. The maximum atomic E-state index is 12.1. The first-order valence-corrected chi connectivity index (χ1v) is 6.85. The van der Waals surface area contributed by atoms with Crippen LogP contribution in [0.25, 0.3) is 0 Å². The summed E-state index contributed by atoms with van der Waals surface area (Å²) in [5, 5.41) is 6.20. The van der Waals surface area contributed by atoms with Crippen molar-refractivity contribution in [3.63, 3.8) is 0 Å². The van der Waals surface area contributed by atoms with E-state index in [0.29, 0.717) is 22.0 Å². The molecule has 0 aliphatic heterocycles. The average Bonchev–Trinajstić information content (AvgIpc) is 2.71. The number of hydrogen-bond donors (Lipinski definition) is 3. The molecule has 1 rings (SSSR count). The first-order valence-electron chi connectivity index (χ1n) is 6.03. The van der Waals surface area contributed by atoms with Crippen LogP contribution in [0.2, 0.25) is 0 Å². The van der Waals surface area contributed by atoms with Gasteiger partial charge in [0.05, 0.1) is 11.3 Å². The van der Waals surface area contributed by atoms with Gasteiger partial charge in [-0.1, -0.05) is 12.2 Å². The van der Waals surface area contributed by atoms with Crippen molar-refractivity contribution in [1.29, 1.82) is 0 Å². The van der Waals surface area contributed by atoms with E-state index in [1.807, 2.05) is 6.92 Å². The number of nitrogens with one attached hydrogen (secondary N) is 2. The van der Waals surface area contributed by atoms with E-state index >= 15 is 0 Å². The minimum absolute atomic E-state index is 0.206. The summed E-state index contributed by atoms with van der Waals surface area (Å²) >= 11 is 1.18. The number of carbonyl (C=O) groups is 2. The van der Waals surface area contributed by atoms with Crippen LogP contribution in [-0.4, -0.2) is 44.4 Å². The zero-order valence-corrected chi connectivity index (χ0v) is 13.0. The van der Waals surface area contributed by atoms with E-state index in [0.717, 1.165) is 5.57 Å². The van der Waals surface area contributed by atoms with Crippen LogP contribution >= 0.6 is 11.3 Å². The second-order valence-electron chi connectivity index (χ2n) is 4.64. The zero-order chi connectivity index (χ0) is 15.4. The minimum Gasteiger partial charge on any atom is -0.397 e. The van der Waals surface area contributed by atoms with Crippen LogP contribution in [0.3, 0.4) is 0 Å². The first kappa shape index (κ1) is 16.0. The number of amides is 2. The van der Waals surface area contributed by atoms with Gasteiger partial charge in [-0.05, 0) is 6.92 Å². The number of carbonyl (C=O) groups excluding carboxylic acids is 2. The predicted molar refractivity (Wildman–Crippen MR) is 83.4 cm³/mol. The highest BCUT2D eigenvalue weighted by atomic mass is 32.1. The molecule has 1 heterocycles. The SMILES string of the molecule is C=C(C)CNc1sc(C(=O)N(C)C)c(N)c1C(=O)NC. The minimum atomic E-state index is -0.319. The van der Waals surface area contributed by atoms with Crippen molar-refractivity contribution in [3.8, 4) is 0 Å². The lowest BCUT2D eigenvalue weighted by Crippen LogP contribution is -2.23. The lowest BCUT2D eigenvalue weighted by Gasteiger charge is -2.08. The molecule has 0 unspecified atom stereocenters. The van der Waals surface area contributed by atoms with E-state index < -0.39 is 0 Å². The Morgan fingerprint density at radius 3 is 2.45 bits per heavy atom. The molecule has 6 nitrogen and oxygen atoms in total. The monoisotopic (exact) mass is 296 g/mol. The summed E-state index contributed by atoms with van der Waals surface area (Å²) in [5.74, 6) is -0.540. The quantitative estimate of drug-likeness (QED) is 0.716. The number of nitrogens with two attached hydrogens (primary N) is 1. The molecule has 0 bridgehead atoms. The second kappa shape index (κ2) is 6.42. The zero-order valence-electron chi connectivity index (χ0n) is 12.2. The molecule has 0 radical (unpaired) electrons. The number of nitrogens with zero attached hydrogens (tertiary/aromatic N) is 1. The summed E-state index contributed by atoms with van der Waals surface area (Å²) in [4.78, 5) is 25.8. The summed E-state index contributed by atoms with van der Waals surface area (Å²) in [6.07, 6.45) is 0. The van der Waals surface area contributed by atoms with Gasteiger partial charge in [0.25, 0.3) is 11.8 Å². The van der Waals surface area contributed by atoms with Gasteiger partial charge in [0.15, 0.2) is 0 Å². The Kier molecular flexibility index (Phi) is 5.15. The topological polar surface area (TPSA) is 87.5 Å². The Bertz CT molecular complexity index is 549.